The highest BCUT2D eigenvalue weighted by Crippen LogP contribution is 2.30. The fraction of sp³-hybridized carbons (Fsp3) is 0.533. The molecule has 0 spiro atoms. The largest absolute Gasteiger partial charge is 0.490 e. The number of carbonyl (C=O) groups is 1. The average molecular weight is 329 g/mol. The van der Waals surface area contributed by atoms with Gasteiger partial charge in [0.2, 0.25) is 5.91 Å². The van der Waals surface area contributed by atoms with Gasteiger partial charge in [0.25, 0.3) is 10.0 Å². The van der Waals surface area contributed by atoms with Gasteiger partial charge in [0, 0.05) is 12.0 Å². The predicted molar refractivity (Wildman–Crippen MR) is 83.6 cm³/mol. The van der Waals surface area contributed by atoms with Crippen LogP contribution in [0.2, 0.25) is 0 Å². The molecule has 0 saturated carbocycles. The van der Waals surface area contributed by atoms with Crippen LogP contribution >= 0.6 is 0 Å². The van der Waals surface area contributed by atoms with Crippen LogP contribution in [-0.4, -0.2) is 27.5 Å². The summed E-state index contributed by atoms with van der Waals surface area (Å²) in [6, 6.07) is 4.28. The number of hydrogen-bond donors (Lipinski definition) is 1. The molecule has 1 unspecified atom stereocenters. The second kappa shape index (κ2) is 8.03. The zero-order valence-electron chi connectivity index (χ0n) is 13.4. The molecule has 6 nitrogen and oxygen atoms in total. The summed E-state index contributed by atoms with van der Waals surface area (Å²) in [4.78, 5) is 11.8. The lowest BCUT2D eigenvalue weighted by Crippen LogP contribution is -2.34. The highest BCUT2D eigenvalue weighted by molar-refractivity contribution is 7.90. The minimum atomic E-state index is -3.92. The molecule has 7 heteroatoms. The van der Waals surface area contributed by atoms with Crippen molar-refractivity contribution >= 4 is 15.9 Å². The Morgan fingerprint density at radius 2 is 1.73 bits per heavy atom. The van der Waals surface area contributed by atoms with Crippen molar-refractivity contribution in [2.75, 3.05) is 13.2 Å². The van der Waals surface area contributed by atoms with Crippen molar-refractivity contribution in [1.82, 2.24) is 4.72 Å². The Kier molecular flexibility index (Phi) is 6.67. The van der Waals surface area contributed by atoms with E-state index in [9.17, 15) is 13.2 Å². The minimum Gasteiger partial charge on any atom is -0.490 e. The van der Waals surface area contributed by atoms with E-state index in [0.29, 0.717) is 31.1 Å². The molecular formula is C15H23NO5S. The number of benzene rings is 1. The van der Waals surface area contributed by atoms with Gasteiger partial charge in [-0.15, -0.1) is 0 Å². The van der Waals surface area contributed by atoms with E-state index >= 15 is 0 Å². The molecule has 0 fully saturated rings. The van der Waals surface area contributed by atoms with Crippen LogP contribution in [0.4, 0.5) is 0 Å². The molecule has 124 valence electrons. The maximum Gasteiger partial charge on any atom is 0.264 e. The first-order chi connectivity index (χ1) is 10.4. The zero-order valence-corrected chi connectivity index (χ0v) is 14.2. The molecule has 1 aromatic carbocycles. The van der Waals surface area contributed by atoms with E-state index in [1.54, 1.807) is 13.8 Å². The molecule has 0 bridgehead atoms. The van der Waals surface area contributed by atoms with Crippen LogP contribution in [0.1, 0.15) is 34.1 Å². The number of ether oxygens (including phenoxy) is 2. The first kappa shape index (κ1) is 18.3. The van der Waals surface area contributed by atoms with Crippen LogP contribution in [0.3, 0.4) is 0 Å². The lowest BCUT2D eigenvalue weighted by molar-refractivity contribution is -0.122. The van der Waals surface area contributed by atoms with Crippen LogP contribution < -0.4 is 14.2 Å². The summed E-state index contributed by atoms with van der Waals surface area (Å²) < 4.78 is 37.4. The third kappa shape index (κ3) is 4.62. The van der Waals surface area contributed by atoms with Gasteiger partial charge in [-0.05, 0) is 32.4 Å². The Bertz CT molecular complexity index is 612. The molecule has 1 N–H and O–H groups in total. The quantitative estimate of drug-likeness (QED) is 0.791. The highest BCUT2D eigenvalue weighted by Gasteiger charge is 2.22. The summed E-state index contributed by atoms with van der Waals surface area (Å²) in [6.07, 6.45) is 0.564. The van der Waals surface area contributed by atoms with Crippen LogP contribution in [0.25, 0.3) is 0 Å². The van der Waals surface area contributed by atoms with E-state index in [1.807, 2.05) is 13.8 Å². The first-order valence-electron chi connectivity index (χ1n) is 7.31. The second-order valence-corrected chi connectivity index (χ2v) is 6.44. The van der Waals surface area contributed by atoms with Crippen molar-refractivity contribution in [3.8, 4) is 11.5 Å². The smallest absolute Gasteiger partial charge is 0.264 e. The van der Waals surface area contributed by atoms with E-state index in [2.05, 4.69) is 4.72 Å². The van der Waals surface area contributed by atoms with Crippen LogP contribution in [0.15, 0.2) is 23.1 Å². The normalized spacial score (nSPS) is 12.5. The molecule has 0 aromatic heterocycles. The Hall–Kier alpha value is -1.76. The standard InChI is InChI=1S/C15H23NO5S/c1-5-11(4)15(17)16-22(18,19)12-8-9-13(20-6-2)14(10-12)21-7-3/h8-11H,5-7H2,1-4H3,(H,16,17). The van der Waals surface area contributed by atoms with Gasteiger partial charge >= 0.3 is 0 Å². The van der Waals surface area contributed by atoms with Gasteiger partial charge in [0.05, 0.1) is 18.1 Å². The Balaban J connectivity index is 3.09. The van der Waals surface area contributed by atoms with E-state index < -0.39 is 15.9 Å². The fourth-order valence-electron chi connectivity index (χ4n) is 1.68. The highest BCUT2D eigenvalue weighted by atomic mass is 32.2. The van der Waals surface area contributed by atoms with Crippen LogP contribution in [0, 0.1) is 5.92 Å². The Labute approximate surface area is 131 Å². The molecule has 1 aromatic rings. The SMILES string of the molecule is CCOc1ccc(S(=O)(=O)NC(=O)C(C)CC)cc1OCC. The number of nitrogens with one attached hydrogen (secondary N) is 1. The van der Waals surface area contributed by atoms with Crippen LogP contribution in [-0.2, 0) is 14.8 Å². The number of rotatable bonds is 8. The molecule has 22 heavy (non-hydrogen) atoms. The van der Waals surface area contributed by atoms with Crippen molar-refractivity contribution in [3.05, 3.63) is 18.2 Å². The lowest BCUT2D eigenvalue weighted by Gasteiger charge is -2.14. The summed E-state index contributed by atoms with van der Waals surface area (Å²) in [5, 5.41) is 0. The van der Waals surface area contributed by atoms with Crippen molar-refractivity contribution in [2.45, 2.75) is 39.0 Å². The molecule has 1 amide bonds. The lowest BCUT2D eigenvalue weighted by atomic mass is 10.1. The predicted octanol–water partition coefficient (Wildman–Crippen LogP) is 2.33. The van der Waals surface area contributed by atoms with Gasteiger partial charge in [-0.2, -0.15) is 0 Å². The molecule has 1 rings (SSSR count). The van der Waals surface area contributed by atoms with E-state index in [4.69, 9.17) is 9.47 Å². The van der Waals surface area contributed by atoms with Gasteiger partial charge < -0.3 is 9.47 Å². The number of carbonyl (C=O) groups excluding carboxylic acids is 1. The average Bonchev–Trinajstić information content (AvgIpc) is 2.48. The summed E-state index contributed by atoms with van der Waals surface area (Å²) in [6.45, 7) is 7.93. The molecular weight excluding hydrogens is 306 g/mol. The van der Waals surface area contributed by atoms with Gasteiger partial charge in [-0.3, -0.25) is 4.79 Å². The molecule has 0 radical (unpaired) electrons. The minimum absolute atomic E-state index is 0.0314. The van der Waals surface area contributed by atoms with E-state index in [-0.39, 0.29) is 10.8 Å². The maximum atomic E-state index is 12.3. The van der Waals surface area contributed by atoms with E-state index in [0.717, 1.165) is 0 Å². The topological polar surface area (TPSA) is 81.7 Å². The third-order valence-corrected chi connectivity index (χ3v) is 4.46. The summed E-state index contributed by atoms with van der Waals surface area (Å²) in [7, 11) is -3.92. The van der Waals surface area contributed by atoms with Gasteiger partial charge in [0.15, 0.2) is 11.5 Å². The third-order valence-electron chi connectivity index (χ3n) is 3.12. The summed E-state index contributed by atoms with van der Waals surface area (Å²) in [5.41, 5.74) is 0. The number of amides is 1. The molecule has 0 heterocycles. The van der Waals surface area contributed by atoms with Crippen molar-refractivity contribution < 1.29 is 22.7 Å². The second-order valence-electron chi connectivity index (χ2n) is 4.75. The Morgan fingerprint density at radius 3 is 2.27 bits per heavy atom. The number of hydrogen-bond acceptors (Lipinski definition) is 5. The molecule has 0 aliphatic rings. The summed E-state index contributed by atoms with van der Waals surface area (Å²) in [5.74, 6) is -0.0852. The Morgan fingerprint density at radius 1 is 1.14 bits per heavy atom. The van der Waals surface area contributed by atoms with Gasteiger partial charge in [-0.1, -0.05) is 13.8 Å². The molecule has 0 saturated heterocycles. The fourth-order valence-corrected chi connectivity index (χ4v) is 2.77. The molecule has 0 aliphatic heterocycles. The van der Waals surface area contributed by atoms with Crippen LogP contribution in [0.5, 0.6) is 11.5 Å². The monoisotopic (exact) mass is 329 g/mol. The van der Waals surface area contributed by atoms with Crippen molar-refractivity contribution in [3.63, 3.8) is 0 Å². The van der Waals surface area contributed by atoms with Crippen molar-refractivity contribution in [1.29, 1.82) is 0 Å². The van der Waals surface area contributed by atoms with Crippen molar-refractivity contribution in [2.24, 2.45) is 5.92 Å². The maximum absolute atomic E-state index is 12.3. The van der Waals surface area contributed by atoms with Gasteiger partial charge in [0.1, 0.15) is 0 Å². The summed E-state index contributed by atoms with van der Waals surface area (Å²) >= 11 is 0. The number of sulfonamides is 1. The zero-order chi connectivity index (χ0) is 16.8. The van der Waals surface area contributed by atoms with Gasteiger partial charge in [-0.25, -0.2) is 13.1 Å². The molecule has 1 atom stereocenters. The van der Waals surface area contributed by atoms with E-state index in [1.165, 1.54) is 18.2 Å². The first-order valence-corrected chi connectivity index (χ1v) is 8.80. The molecule has 0 aliphatic carbocycles.